The van der Waals surface area contributed by atoms with Gasteiger partial charge in [0, 0.05) is 55.2 Å². The molecule has 1 saturated heterocycles. The van der Waals surface area contributed by atoms with Crippen molar-refractivity contribution in [2.75, 3.05) is 41.7 Å². The van der Waals surface area contributed by atoms with E-state index in [1.165, 1.54) is 0 Å². The van der Waals surface area contributed by atoms with Gasteiger partial charge in [0.2, 0.25) is 5.91 Å². The van der Waals surface area contributed by atoms with Crippen LogP contribution in [0.5, 0.6) is 0 Å². The van der Waals surface area contributed by atoms with Gasteiger partial charge >= 0.3 is 6.03 Å². The fraction of sp³-hybridized carbons (Fsp3) is 0.263. The zero-order chi connectivity index (χ0) is 18.5. The Morgan fingerprint density at radius 3 is 1.85 bits per heavy atom. The predicted molar refractivity (Wildman–Crippen MR) is 105 cm³/mol. The molecule has 0 bridgehead atoms. The predicted octanol–water partition coefficient (Wildman–Crippen LogP) is 3.65. The minimum atomic E-state index is -0.310. The summed E-state index contributed by atoms with van der Waals surface area (Å²) in [5.41, 5.74) is 2.46. The largest absolute Gasteiger partial charge is 0.368 e. The third-order valence-corrected chi connectivity index (χ3v) is 4.57. The van der Waals surface area contributed by atoms with Gasteiger partial charge in [0.05, 0.1) is 0 Å². The van der Waals surface area contributed by atoms with Crippen molar-refractivity contribution < 1.29 is 9.59 Å². The van der Waals surface area contributed by atoms with Crippen LogP contribution in [0.3, 0.4) is 0 Å². The maximum atomic E-state index is 12.1. The van der Waals surface area contributed by atoms with E-state index < -0.39 is 0 Å². The van der Waals surface area contributed by atoms with Crippen molar-refractivity contribution in [2.45, 2.75) is 6.92 Å². The number of rotatable bonds is 3. The highest BCUT2D eigenvalue weighted by Gasteiger charge is 2.18. The average Bonchev–Trinajstić information content (AvgIpc) is 2.64. The molecule has 0 unspecified atom stereocenters. The van der Waals surface area contributed by atoms with E-state index in [-0.39, 0.29) is 11.9 Å². The standard InChI is InChI=1S/C19H21ClN4O2/c1-14(25)23-10-12-24(13-11-23)18-8-6-17(7-9-18)22-19(26)21-16-4-2-15(20)3-5-16/h2-9H,10-13H2,1H3,(H2,21,22,26). The molecule has 2 N–H and O–H groups in total. The number of urea groups is 1. The van der Waals surface area contributed by atoms with Crippen LogP contribution in [0.2, 0.25) is 5.02 Å². The van der Waals surface area contributed by atoms with Crippen molar-refractivity contribution in [3.63, 3.8) is 0 Å². The number of benzene rings is 2. The molecule has 0 aromatic heterocycles. The topological polar surface area (TPSA) is 64.7 Å². The summed E-state index contributed by atoms with van der Waals surface area (Å²) in [5.74, 6) is 0.121. The second-order valence-corrected chi connectivity index (χ2v) is 6.56. The van der Waals surface area contributed by atoms with E-state index in [1.807, 2.05) is 29.2 Å². The van der Waals surface area contributed by atoms with Gasteiger partial charge in [-0.05, 0) is 48.5 Å². The van der Waals surface area contributed by atoms with Crippen molar-refractivity contribution >= 4 is 40.6 Å². The molecule has 0 spiro atoms. The maximum absolute atomic E-state index is 12.1. The molecule has 1 heterocycles. The van der Waals surface area contributed by atoms with E-state index >= 15 is 0 Å². The molecule has 3 rings (SSSR count). The normalized spacial score (nSPS) is 14.1. The second kappa shape index (κ2) is 8.10. The summed E-state index contributed by atoms with van der Waals surface area (Å²) in [6, 6.07) is 14.3. The smallest absolute Gasteiger partial charge is 0.323 e. The monoisotopic (exact) mass is 372 g/mol. The minimum absolute atomic E-state index is 0.121. The van der Waals surface area contributed by atoms with E-state index in [4.69, 9.17) is 11.6 Å². The molecule has 6 nitrogen and oxygen atoms in total. The molecule has 26 heavy (non-hydrogen) atoms. The number of carbonyl (C=O) groups excluding carboxylic acids is 2. The van der Waals surface area contributed by atoms with Crippen LogP contribution in [0, 0.1) is 0 Å². The van der Waals surface area contributed by atoms with Crippen LogP contribution in [0.4, 0.5) is 21.9 Å². The Morgan fingerprint density at radius 1 is 0.846 bits per heavy atom. The maximum Gasteiger partial charge on any atom is 0.323 e. The lowest BCUT2D eigenvalue weighted by molar-refractivity contribution is -0.129. The average molecular weight is 373 g/mol. The molecule has 0 atom stereocenters. The quantitative estimate of drug-likeness (QED) is 0.864. The second-order valence-electron chi connectivity index (χ2n) is 6.13. The SMILES string of the molecule is CC(=O)N1CCN(c2ccc(NC(=O)Nc3ccc(Cl)cc3)cc2)CC1. The molecule has 1 aliphatic rings. The molecule has 1 aliphatic heterocycles. The summed E-state index contributed by atoms with van der Waals surface area (Å²) >= 11 is 5.83. The van der Waals surface area contributed by atoms with Crippen LogP contribution >= 0.6 is 11.6 Å². The first kappa shape index (κ1) is 18.1. The Kier molecular flexibility index (Phi) is 5.63. The van der Waals surface area contributed by atoms with Crippen LogP contribution in [0.1, 0.15) is 6.92 Å². The van der Waals surface area contributed by atoms with E-state index in [9.17, 15) is 9.59 Å². The van der Waals surface area contributed by atoms with Gasteiger partial charge in [-0.15, -0.1) is 0 Å². The summed E-state index contributed by atoms with van der Waals surface area (Å²) in [6.45, 7) is 4.69. The molecule has 2 aromatic rings. The summed E-state index contributed by atoms with van der Waals surface area (Å²) in [7, 11) is 0. The van der Waals surface area contributed by atoms with Gasteiger partial charge in [0.15, 0.2) is 0 Å². The van der Waals surface area contributed by atoms with Crippen LogP contribution in [0.25, 0.3) is 0 Å². The Labute approximate surface area is 157 Å². The number of hydrogen-bond donors (Lipinski definition) is 2. The fourth-order valence-electron chi connectivity index (χ4n) is 2.86. The zero-order valence-electron chi connectivity index (χ0n) is 14.5. The molecule has 0 aliphatic carbocycles. The number of halogens is 1. The highest BCUT2D eigenvalue weighted by Crippen LogP contribution is 2.20. The van der Waals surface area contributed by atoms with E-state index in [1.54, 1.807) is 31.2 Å². The van der Waals surface area contributed by atoms with Crippen molar-refractivity contribution in [1.82, 2.24) is 4.90 Å². The van der Waals surface area contributed by atoms with Crippen molar-refractivity contribution in [3.05, 3.63) is 53.6 Å². The Morgan fingerprint density at radius 2 is 1.35 bits per heavy atom. The van der Waals surface area contributed by atoms with Crippen molar-refractivity contribution in [2.24, 2.45) is 0 Å². The van der Waals surface area contributed by atoms with Gasteiger partial charge in [-0.2, -0.15) is 0 Å². The molecule has 3 amide bonds. The van der Waals surface area contributed by atoms with Crippen LogP contribution < -0.4 is 15.5 Å². The van der Waals surface area contributed by atoms with Crippen LogP contribution in [0.15, 0.2) is 48.5 Å². The number of nitrogens with one attached hydrogen (secondary N) is 2. The van der Waals surface area contributed by atoms with E-state index in [0.29, 0.717) is 16.4 Å². The molecule has 0 saturated carbocycles. The lowest BCUT2D eigenvalue weighted by Crippen LogP contribution is -2.48. The molecule has 1 fully saturated rings. The lowest BCUT2D eigenvalue weighted by atomic mass is 10.2. The van der Waals surface area contributed by atoms with Gasteiger partial charge < -0.3 is 20.4 Å². The van der Waals surface area contributed by atoms with Crippen LogP contribution in [-0.4, -0.2) is 43.0 Å². The third kappa shape index (κ3) is 4.67. The number of nitrogens with zero attached hydrogens (tertiary/aromatic N) is 2. The minimum Gasteiger partial charge on any atom is -0.368 e. The van der Waals surface area contributed by atoms with E-state index in [2.05, 4.69) is 15.5 Å². The van der Waals surface area contributed by atoms with Gasteiger partial charge in [-0.1, -0.05) is 11.6 Å². The van der Waals surface area contributed by atoms with Gasteiger partial charge in [0.25, 0.3) is 0 Å². The van der Waals surface area contributed by atoms with Crippen molar-refractivity contribution in [3.8, 4) is 0 Å². The number of amides is 3. The van der Waals surface area contributed by atoms with Crippen molar-refractivity contribution in [1.29, 1.82) is 0 Å². The van der Waals surface area contributed by atoms with Gasteiger partial charge in [-0.3, -0.25) is 4.79 Å². The molecular weight excluding hydrogens is 352 g/mol. The molecule has 7 heteroatoms. The summed E-state index contributed by atoms with van der Waals surface area (Å²) < 4.78 is 0. The van der Waals surface area contributed by atoms with Crippen LogP contribution in [-0.2, 0) is 4.79 Å². The number of hydrogen-bond acceptors (Lipinski definition) is 3. The molecule has 0 radical (unpaired) electrons. The first-order chi connectivity index (χ1) is 12.5. The van der Waals surface area contributed by atoms with E-state index in [0.717, 1.165) is 31.9 Å². The summed E-state index contributed by atoms with van der Waals surface area (Å²) in [4.78, 5) is 27.5. The number of piperazine rings is 1. The van der Waals surface area contributed by atoms with Gasteiger partial charge in [-0.25, -0.2) is 4.79 Å². The molecule has 2 aromatic carbocycles. The number of anilines is 3. The van der Waals surface area contributed by atoms with Gasteiger partial charge in [0.1, 0.15) is 0 Å². The highest BCUT2D eigenvalue weighted by molar-refractivity contribution is 6.30. The Balaban J connectivity index is 1.53. The third-order valence-electron chi connectivity index (χ3n) is 4.32. The Bertz CT molecular complexity index is 769. The summed E-state index contributed by atoms with van der Waals surface area (Å²) in [6.07, 6.45) is 0. The Hall–Kier alpha value is -2.73. The summed E-state index contributed by atoms with van der Waals surface area (Å²) in [5, 5.41) is 6.18. The highest BCUT2D eigenvalue weighted by atomic mass is 35.5. The first-order valence-corrected chi connectivity index (χ1v) is 8.83. The lowest BCUT2D eigenvalue weighted by Gasteiger charge is -2.35. The fourth-order valence-corrected chi connectivity index (χ4v) is 2.99. The zero-order valence-corrected chi connectivity index (χ0v) is 15.3. The molecular formula is C19H21ClN4O2. The first-order valence-electron chi connectivity index (χ1n) is 8.45. The molecule has 136 valence electrons. The number of carbonyl (C=O) groups is 2.